The average Bonchev–Trinajstić information content (AvgIpc) is 3.30. The summed E-state index contributed by atoms with van der Waals surface area (Å²) in [4.78, 5) is 0. The molecule has 0 fully saturated rings. The predicted molar refractivity (Wildman–Crippen MR) is 96.6 cm³/mol. The van der Waals surface area contributed by atoms with Gasteiger partial charge in [-0.3, -0.25) is 5.10 Å². The number of H-pyrrole nitrogens is 1. The second kappa shape index (κ2) is 6.30. The van der Waals surface area contributed by atoms with Gasteiger partial charge in [-0.05, 0) is 30.7 Å². The SMILES string of the molecule is CC(=Cc1ccco1)[C@H]1C(C#N)=C(N)Oc2n[nH]c(-c3ccccc3)c21. The molecule has 26 heavy (non-hydrogen) atoms. The van der Waals surface area contributed by atoms with E-state index in [9.17, 15) is 5.26 Å². The van der Waals surface area contributed by atoms with Crippen LogP contribution in [0.1, 0.15) is 24.2 Å². The van der Waals surface area contributed by atoms with E-state index in [4.69, 9.17) is 14.9 Å². The van der Waals surface area contributed by atoms with Crippen LogP contribution < -0.4 is 10.5 Å². The zero-order valence-electron chi connectivity index (χ0n) is 14.1. The summed E-state index contributed by atoms with van der Waals surface area (Å²) in [6, 6.07) is 15.7. The van der Waals surface area contributed by atoms with Gasteiger partial charge in [-0.15, -0.1) is 5.10 Å². The van der Waals surface area contributed by atoms with Crippen molar-refractivity contribution >= 4 is 6.08 Å². The molecule has 0 saturated heterocycles. The summed E-state index contributed by atoms with van der Waals surface area (Å²) in [7, 11) is 0. The summed E-state index contributed by atoms with van der Waals surface area (Å²) < 4.78 is 11.0. The van der Waals surface area contributed by atoms with E-state index in [1.54, 1.807) is 6.26 Å². The van der Waals surface area contributed by atoms with Gasteiger partial charge in [-0.25, -0.2) is 0 Å². The maximum absolute atomic E-state index is 9.68. The molecule has 0 bridgehead atoms. The number of fused-ring (bicyclic) bond motifs is 1. The number of nitrogens with one attached hydrogen (secondary N) is 1. The zero-order valence-corrected chi connectivity index (χ0v) is 14.1. The molecule has 3 N–H and O–H groups in total. The van der Waals surface area contributed by atoms with Crippen molar-refractivity contribution in [2.24, 2.45) is 5.73 Å². The summed E-state index contributed by atoms with van der Waals surface area (Å²) in [5, 5.41) is 17.0. The van der Waals surface area contributed by atoms with Crippen LogP contribution in [0.25, 0.3) is 17.3 Å². The Balaban J connectivity index is 1.90. The van der Waals surface area contributed by atoms with Gasteiger partial charge in [-0.2, -0.15) is 5.26 Å². The van der Waals surface area contributed by atoms with Gasteiger partial charge in [0.15, 0.2) is 0 Å². The largest absolute Gasteiger partial charge is 0.465 e. The molecule has 128 valence electrons. The molecule has 2 aromatic heterocycles. The molecule has 0 unspecified atom stereocenters. The molecule has 0 saturated carbocycles. The number of nitriles is 1. The Morgan fingerprint density at radius 2 is 2.08 bits per heavy atom. The fourth-order valence-electron chi connectivity index (χ4n) is 3.21. The Bertz CT molecular complexity index is 1040. The Labute approximate surface area is 150 Å². The second-order valence-corrected chi connectivity index (χ2v) is 6.01. The van der Waals surface area contributed by atoms with E-state index < -0.39 is 0 Å². The van der Waals surface area contributed by atoms with Crippen molar-refractivity contribution in [3.05, 3.63) is 77.1 Å². The minimum absolute atomic E-state index is 0.0725. The number of allylic oxidation sites excluding steroid dienone is 2. The third-order valence-electron chi connectivity index (χ3n) is 4.37. The summed E-state index contributed by atoms with van der Waals surface area (Å²) in [5.41, 5.74) is 9.80. The molecular weight excluding hydrogens is 328 g/mol. The number of nitrogens with two attached hydrogens (primary N) is 1. The van der Waals surface area contributed by atoms with E-state index in [0.29, 0.717) is 17.2 Å². The fraction of sp³-hybridized carbons (Fsp3) is 0.100. The number of hydrogen-bond donors (Lipinski definition) is 2. The van der Waals surface area contributed by atoms with Crippen LogP contribution in [0.3, 0.4) is 0 Å². The van der Waals surface area contributed by atoms with E-state index in [2.05, 4.69) is 16.3 Å². The Hall–Kier alpha value is -3.72. The molecule has 6 heteroatoms. The lowest BCUT2D eigenvalue weighted by molar-refractivity contribution is 0.378. The summed E-state index contributed by atoms with van der Waals surface area (Å²) in [5.74, 6) is 0.791. The first-order chi connectivity index (χ1) is 12.7. The molecule has 1 aromatic carbocycles. The molecule has 0 aliphatic carbocycles. The highest BCUT2D eigenvalue weighted by Gasteiger charge is 2.35. The number of rotatable bonds is 3. The van der Waals surface area contributed by atoms with Crippen molar-refractivity contribution in [2.75, 3.05) is 0 Å². The van der Waals surface area contributed by atoms with Crippen molar-refractivity contribution < 1.29 is 9.15 Å². The zero-order chi connectivity index (χ0) is 18.1. The first kappa shape index (κ1) is 15.8. The third-order valence-corrected chi connectivity index (χ3v) is 4.37. The van der Waals surface area contributed by atoms with Crippen LogP contribution in [-0.4, -0.2) is 10.2 Å². The van der Waals surface area contributed by atoms with Gasteiger partial charge in [0.1, 0.15) is 17.4 Å². The van der Waals surface area contributed by atoms with Crippen molar-refractivity contribution in [1.82, 2.24) is 10.2 Å². The number of aromatic amines is 1. The highest BCUT2D eigenvalue weighted by atomic mass is 16.5. The van der Waals surface area contributed by atoms with Gasteiger partial charge in [-0.1, -0.05) is 35.9 Å². The molecule has 1 atom stereocenters. The minimum Gasteiger partial charge on any atom is -0.465 e. The predicted octanol–water partition coefficient (Wildman–Crippen LogP) is 3.94. The first-order valence-electron chi connectivity index (χ1n) is 8.12. The molecule has 1 aliphatic heterocycles. The van der Waals surface area contributed by atoms with Gasteiger partial charge < -0.3 is 14.9 Å². The monoisotopic (exact) mass is 344 g/mol. The maximum atomic E-state index is 9.68. The lowest BCUT2D eigenvalue weighted by Gasteiger charge is -2.24. The van der Waals surface area contributed by atoms with Crippen molar-refractivity contribution in [3.8, 4) is 23.2 Å². The minimum atomic E-state index is -0.372. The number of aromatic nitrogens is 2. The van der Waals surface area contributed by atoms with Crippen LogP contribution in [0.4, 0.5) is 0 Å². The van der Waals surface area contributed by atoms with E-state index in [1.165, 1.54) is 0 Å². The van der Waals surface area contributed by atoms with Crippen molar-refractivity contribution in [2.45, 2.75) is 12.8 Å². The van der Waals surface area contributed by atoms with Crippen LogP contribution in [0.15, 0.2) is 70.2 Å². The van der Waals surface area contributed by atoms with E-state index in [1.807, 2.05) is 55.5 Å². The molecule has 0 amide bonds. The molecule has 4 rings (SSSR count). The topological polar surface area (TPSA) is 101 Å². The molecule has 1 aliphatic rings. The van der Waals surface area contributed by atoms with E-state index in [0.717, 1.165) is 22.4 Å². The van der Waals surface area contributed by atoms with Crippen LogP contribution in [-0.2, 0) is 0 Å². The van der Waals surface area contributed by atoms with Gasteiger partial charge in [0.2, 0.25) is 11.8 Å². The number of nitrogens with zero attached hydrogens (tertiary/aromatic N) is 2. The molecule has 3 heterocycles. The van der Waals surface area contributed by atoms with Gasteiger partial charge in [0.05, 0.1) is 23.4 Å². The quantitative estimate of drug-likeness (QED) is 0.749. The molecule has 0 spiro atoms. The lowest BCUT2D eigenvalue weighted by atomic mass is 9.83. The standard InChI is InChI=1S/C20H16N4O2/c1-12(10-14-8-5-9-25-14)16-15(11-21)19(22)26-20-17(16)18(23-24-20)13-6-3-2-4-7-13/h2-10,16H,22H2,1H3,(H,23,24)/t16-/m0/s1. The number of ether oxygens (including phenoxy) is 1. The van der Waals surface area contributed by atoms with Gasteiger partial charge in [0.25, 0.3) is 0 Å². The van der Waals surface area contributed by atoms with Gasteiger partial charge in [0, 0.05) is 0 Å². The van der Waals surface area contributed by atoms with Crippen LogP contribution >= 0.6 is 0 Å². The lowest BCUT2D eigenvalue weighted by Crippen LogP contribution is -2.20. The first-order valence-corrected chi connectivity index (χ1v) is 8.12. The van der Waals surface area contributed by atoms with Crippen molar-refractivity contribution in [1.29, 1.82) is 5.26 Å². The maximum Gasteiger partial charge on any atom is 0.244 e. The van der Waals surface area contributed by atoms with Gasteiger partial charge >= 0.3 is 0 Å². The third kappa shape index (κ3) is 2.56. The smallest absolute Gasteiger partial charge is 0.244 e. The van der Waals surface area contributed by atoms with Crippen LogP contribution in [0, 0.1) is 11.3 Å². The summed E-state index contributed by atoms with van der Waals surface area (Å²) in [6.45, 7) is 1.94. The average molecular weight is 344 g/mol. The number of hydrogen-bond acceptors (Lipinski definition) is 5. The second-order valence-electron chi connectivity index (χ2n) is 6.01. The molecule has 3 aromatic rings. The number of furan rings is 1. The Kier molecular flexibility index (Phi) is 3.82. The Morgan fingerprint density at radius 1 is 1.27 bits per heavy atom. The summed E-state index contributed by atoms with van der Waals surface area (Å²) >= 11 is 0. The van der Waals surface area contributed by atoms with Crippen LogP contribution in [0.5, 0.6) is 5.88 Å². The highest BCUT2D eigenvalue weighted by Crippen LogP contribution is 2.45. The van der Waals surface area contributed by atoms with Crippen LogP contribution in [0.2, 0.25) is 0 Å². The number of benzene rings is 1. The Morgan fingerprint density at radius 3 is 2.77 bits per heavy atom. The summed E-state index contributed by atoms with van der Waals surface area (Å²) in [6.07, 6.45) is 3.50. The van der Waals surface area contributed by atoms with Crippen molar-refractivity contribution in [3.63, 3.8) is 0 Å². The molecule has 0 radical (unpaired) electrons. The molecular formula is C20H16N4O2. The highest BCUT2D eigenvalue weighted by molar-refractivity contribution is 5.71. The fourth-order valence-corrected chi connectivity index (χ4v) is 3.21. The molecule has 6 nitrogen and oxygen atoms in total. The van der Waals surface area contributed by atoms with E-state index >= 15 is 0 Å². The normalized spacial score (nSPS) is 16.8. The van der Waals surface area contributed by atoms with E-state index in [-0.39, 0.29) is 11.8 Å².